The summed E-state index contributed by atoms with van der Waals surface area (Å²) < 4.78 is 7.19. The monoisotopic (exact) mass is 288 g/mol. The molecule has 3 heterocycles. The molecule has 0 aromatic carbocycles. The molecule has 1 aromatic rings. The van der Waals surface area contributed by atoms with E-state index in [9.17, 15) is 9.59 Å². The standard InChI is InChI=1S/C14H16N4O3/c19-13-2-1-10(7-15-13)14(20)17-11-8-16-18(9-11)12-3-5-21-6-4-12/h1-2,7-10,12H,3-6H2,(H,17,20). The van der Waals surface area contributed by atoms with Crippen molar-refractivity contribution in [2.24, 2.45) is 10.9 Å². The third-order valence-electron chi connectivity index (χ3n) is 3.55. The zero-order valence-electron chi connectivity index (χ0n) is 11.4. The van der Waals surface area contributed by atoms with Crippen LogP contribution in [0.15, 0.2) is 29.5 Å². The Morgan fingerprint density at radius 3 is 2.90 bits per heavy atom. The summed E-state index contributed by atoms with van der Waals surface area (Å²) in [5.74, 6) is -1.09. The number of carbonyl (C=O) groups excluding carboxylic acids is 2. The van der Waals surface area contributed by atoms with E-state index < -0.39 is 5.92 Å². The molecule has 3 rings (SSSR count). The molecule has 0 saturated carbocycles. The number of aromatic nitrogens is 2. The summed E-state index contributed by atoms with van der Waals surface area (Å²) in [4.78, 5) is 26.6. The molecular weight excluding hydrogens is 272 g/mol. The summed E-state index contributed by atoms with van der Waals surface area (Å²) in [6, 6.07) is 0.318. The first-order valence-corrected chi connectivity index (χ1v) is 6.91. The van der Waals surface area contributed by atoms with Crippen molar-refractivity contribution in [2.45, 2.75) is 18.9 Å². The van der Waals surface area contributed by atoms with Crippen LogP contribution in [0, 0.1) is 5.92 Å². The fourth-order valence-corrected chi connectivity index (χ4v) is 2.37. The predicted molar refractivity (Wildman–Crippen MR) is 76.1 cm³/mol. The quantitative estimate of drug-likeness (QED) is 0.897. The molecule has 0 aliphatic carbocycles. The summed E-state index contributed by atoms with van der Waals surface area (Å²) in [5.41, 5.74) is 0.644. The number of rotatable bonds is 3. The Hall–Kier alpha value is -2.28. The highest BCUT2D eigenvalue weighted by Gasteiger charge is 2.19. The number of nitrogens with one attached hydrogen (secondary N) is 1. The molecule has 0 radical (unpaired) electrons. The van der Waals surface area contributed by atoms with Crippen molar-refractivity contribution in [3.63, 3.8) is 0 Å². The van der Waals surface area contributed by atoms with E-state index in [1.165, 1.54) is 18.4 Å². The van der Waals surface area contributed by atoms with Gasteiger partial charge in [0.25, 0.3) is 5.91 Å². The first-order valence-electron chi connectivity index (χ1n) is 6.91. The summed E-state index contributed by atoms with van der Waals surface area (Å²) in [7, 11) is 0. The van der Waals surface area contributed by atoms with Crippen molar-refractivity contribution in [3.05, 3.63) is 24.5 Å². The van der Waals surface area contributed by atoms with Crippen LogP contribution >= 0.6 is 0 Å². The molecule has 1 unspecified atom stereocenters. The van der Waals surface area contributed by atoms with Crippen molar-refractivity contribution in [2.75, 3.05) is 18.5 Å². The Bertz CT molecular complexity index is 583. The molecule has 110 valence electrons. The zero-order valence-corrected chi connectivity index (χ0v) is 11.4. The van der Waals surface area contributed by atoms with E-state index in [2.05, 4.69) is 15.4 Å². The van der Waals surface area contributed by atoms with Gasteiger partial charge in [-0.25, -0.2) is 4.99 Å². The summed E-state index contributed by atoms with van der Waals surface area (Å²) >= 11 is 0. The van der Waals surface area contributed by atoms with Crippen LogP contribution < -0.4 is 5.32 Å². The second-order valence-electron chi connectivity index (χ2n) is 5.04. The van der Waals surface area contributed by atoms with E-state index >= 15 is 0 Å². The van der Waals surface area contributed by atoms with Crippen LogP contribution in [0.5, 0.6) is 0 Å². The average Bonchev–Trinajstić information content (AvgIpc) is 2.97. The number of nitrogens with zero attached hydrogens (tertiary/aromatic N) is 3. The number of hydrogen-bond donors (Lipinski definition) is 1. The second-order valence-corrected chi connectivity index (χ2v) is 5.04. The molecule has 0 bridgehead atoms. The fourth-order valence-electron chi connectivity index (χ4n) is 2.37. The SMILES string of the molecule is O=C1C=CC(C(=O)Nc2cnn(C3CCOCC3)c2)C=N1. The third-order valence-corrected chi connectivity index (χ3v) is 3.55. The maximum atomic E-state index is 12.0. The lowest BCUT2D eigenvalue weighted by Crippen LogP contribution is -2.24. The first-order chi connectivity index (χ1) is 10.2. The predicted octanol–water partition coefficient (Wildman–Crippen LogP) is 0.956. The maximum Gasteiger partial charge on any atom is 0.269 e. The van der Waals surface area contributed by atoms with E-state index in [1.807, 2.05) is 10.9 Å². The molecular formula is C14H16N4O3. The second kappa shape index (κ2) is 6.01. The zero-order chi connectivity index (χ0) is 14.7. The molecule has 1 aromatic heterocycles. The van der Waals surface area contributed by atoms with Crippen molar-refractivity contribution in [1.82, 2.24) is 9.78 Å². The molecule has 1 N–H and O–H groups in total. The van der Waals surface area contributed by atoms with Gasteiger partial charge in [0, 0.05) is 31.7 Å². The van der Waals surface area contributed by atoms with E-state index in [0.29, 0.717) is 11.7 Å². The number of ether oxygens (including phenoxy) is 1. The average molecular weight is 288 g/mol. The van der Waals surface area contributed by atoms with Crippen molar-refractivity contribution in [3.8, 4) is 0 Å². The number of amides is 2. The highest BCUT2D eigenvalue weighted by molar-refractivity contribution is 6.09. The molecule has 7 nitrogen and oxygen atoms in total. The Balaban J connectivity index is 1.61. The minimum Gasteiger partial charge on any atom is -0.381 e. The highest BCUT2D eigenvalue weighted by Crippen LogP contribution is 2.21. The molecule has 2 aliphatic rings. The number of anilines is 1. The van der Waals surface area contributed by atoms with Crippen LogP contribution in [-0.2, 0) is 14.3 Å². The normalized spacial score (nSPS) is 22.5. The molecule has 2 amide bonds. The van der Waals surface area contributed by atoms with E-state index in [0.717, 1.165) is 26.1 Å². The van der Waals surface area contributed by atoms with Gasteiger partial charge in [-0.3, -0.25) is 14.3 Å². The lowest BCUT2D eigenvalue weighted by Gasteiger charge is -2.22. The Labute approximate surface area is 121 Å². The summed E-state index contributed by atoms with van der Waals surface area (Å²) in [6.07, 6.45) is 9.49. The van der Waals surface area contributed by atoms with E-state index in [-0.39, 0.29) is 11.8 Å². The Morgan fingerprint density at radius 2 is 2.19 bits per heavy atom. The first kappa shape index (κ1) is 13.7. The van der Waals surface area contributed by atoms with Crippen LogP contribution in [-0.4, -0.2) is 41.0 Å². The van der Waals surface area contributed by atoms with Crippen molar-refractivity contribution >= 4 is 23.7 Å². The van der Waals surface area contributed by atoms with Gasteiger partial charge in [-0.05, 0) is 12.8 Å². The van der Waals surface area contributed by atoms with Gasteiger partial charge < -0.3 is 10.1 Å². The van der Waals surface area contributed by atoms with E-state index in [1.54, 1.807) is 6.20 Å². The topological polar surface area (TPSA) is 85.6 Å². The van der Waals surface area contributed by atoms with Gasteiger partial charge in [-0.1, -0.05) is 6.08 Å². The number of hydrogen-bond acceptors (Lipinski definition) is 4. The van der Waals surface area contributed by atoms with Crippen LogP contribution in [0.25, 0.3) is 0 Å². The van der Waals surface area contributed by atoms with Crippen LogP contribution in [0.1, 0.15) is 18.9 Å². The molecule has 0 spiro atoms. The molecule has 21 heavy (non-hydrogen) atoms. The van der Waals surface area contributed by atoms with Crippen molar-refractivity contribution in [1.29, 1.82) is 0 Å². The smallest absolute Gasteiger partial charge is 0.269 e. The van der Waals surface area contributed by atoms with Crippen LogP contribution in [0.3, 0.4) is 0 Å². The lowest BCUT2D eigenvalue weighted by atomic mass is 10.1. The maximum absolute atomic E-state index is 12.0. The molecule has 2 aliphatic heterocycles. The third kappa shape index (κ3) is 3.25. The molecule has 1 saturated heterocycles. The van der Waals surface area contributed by atoms with Gasteiger partial charge in [-0.2, -0.15) is 5.10 Å². The molecule has 1 fully saturated rings. The van der Waals surface area contributed by atoms with Gasteiger partial charge in [-0.15, -0.1) is 0 Å². The minimum absolute atomic E-state index is 0.228. The molecule has 1 atom stereocenters. The summed E-state index contributed by atoms with van der Waals surface area (Å²) in [6.45, 7) is 1.48. The van der Waals surface area contributed by atoms with Gasteiger partial charge in [0.15, 0.2) is 0 Å². The van der Waals surface area contributed by atoms with Gasteiger partial charge >= 0.3 is 0 Å². The lowest BCUT2D eigenvalue weighted by molar-refractivity contribution is -0.117. The molecule has 7 heteroatoms. The largest absolute Gasteiger partial charge is 0.381 e. The summed E-state index contributed by atoms with van der Waals surface area (Å²) in [5, 5.41) is 7.07. The number of aliphatic imine (C=N–C) groups is 1. The minimum atomic E-state index is -0.519. The van der Waals surface area contributed by atoms with Gasteiger partial charge in [0.05, 0.1) is 23.8 Å². The van der Waals surface area contributed by atoms with Crippen LogP contribution in [0.2, 0.25) is 0 Å². The Kier molecular flexibility index (Phi) is 3.92. The van der Waals surface area contributed by atoms with Crippen LogP contribution in [0.4, 0.5) is 5.69 Å². The van der Waals surface area contributed by atoms with Gasteiger partial charge in [0.1, 0.15) is 0 Å². The number of carbonyl (C=O) groups is 2. The Morgan fingerprint density at radius 1 is 1.38 bits per heavy atom. The fraction of sp³-hybridized carbons (Fsp3) is 0.429. The van der Waals surface area contributed by atoms with Gasteiger partial charge in [0.2, 0.25) is 5.91 Å². The van der Waals surface area contributed by atoms with Crippen molar-refractivity contribution < 1.29 is 14.3 Å². The highest BCUT2D eigenvalue weighted by atomic mass is 16.5. The van der Waals surface area contributed by atoms with E-state index in [4.69, 9.17) is 4.74 Å². The number of dihydropyridines is 1.